The second kappa shape index (κ2) is 5.46. The monoisotopic (exact) mass is 302 g/mol. The molecule has 1 aromatic rings. The molecule has 0 radical (unpaired) electrons. The molecule has 4 atom stereocenters. The fourth-order valence-corrected chi connectivity index (χ4v) is 2.98. The number of nitrogens with zero attached hydrogens (tertiary/aromatic N) is 1. The van der Waals surface area contributed by atoms with Crippen molar-refractivity contribution in [3.63, 3.8) is 0 Å². The van der Waals surface area contributed by atoms with Crippen LogP contribution in [0.15, 0.2) is 36.4 Å². The summed E-state index contributed by atoms with van der Waals surface area (Å²) in [6, 6.07) is 7.38. The molecule has 1 aromatic carbocycles. The smallest absolute Gasteiger partial charge is 0.310 e. The summed E-state index contributed by atoms with van der Waals surface area (Å²) >= 11 is 0. The predicted molar refractivity (Wildman–Crippen MR) is 81.8 cm³/mol. The van der Waals surface area contributed by atoms with Crippen molar-refractivity contribution in [3.05, 3.63) is 36.4 Å². The number of anilines is 2. The van der Waals surface area contributed by atoms with Crippen molar-refractivity contribution in [3.8, 4) is 0 Å². The van der Waals surface area contributed by atoms with Crippen LogP contribution in [0.4, 0.5) is 11.4 Å². The van der Waals surface area contributed by atoms with Crippen LogP contribution in [0.25, 0.3) is 0 Å². The normalized spacial score (nSPS) is 28.6. The van der Waals surface area contributed by atoms with Crippen molar-refractivity contribution in [2.24, 2.45) is 11.8 Å². The van der Waals surface area contributed by atoms with E-state index in [4.69, 9.17) is 4.74 Å². The van der Waals surface area contributed by atoms with Crippen LogP contribution in [-0.4, -0.2) is 43.3 Å². The van der Waals surface area contributed by atoms with Crippen molar-refractivity contribution in [2.75, 3.05) is 24.3 Å². The molecule has 0 saturated carbocycles. The molecule has 2 bridgehead atoms. The molecule has 2 aliphatic rings. The largest absolute Gasteiger partial charge is 0.481 e. The second-order valence-electron chi connectivity index (χ2n) is 5.77. The molecule has 0 aliphatic carbocycles. The highest BCUT2D eigenvalue weighted by molar-refractivity contribution is 5.96. The molecule has 2 N–H and O–H groups in total. The minimum absolute atomic E-state index is 0.318. The average molecular weight is 302 g/mol. The number of carbonyl (C=O) groups is 2. The Morgan fingerprint density at radius 2 is 1.68 bits per heavy atom. The summed E-state index contributed by atoms with van der Waals surface area (Å²) in [6.45, 7) is 0. The number of ether oxygens (including phenoxy) is 1. The maximum atomic E-state index is 12.4. The van der Waals surface area contributed by atoms with Crippen LogP contribution >= 0.6 is 0 Å². The lowest BCUT2D eigenvalue weighted by molar-refractivity contribution is -0.145. The number of amides is 1. The Balaban J connectivity index is 1.74. The highest BCUT2D eigenvalue weighted by Gasteiger charge is 2.53. The number of hydrogen-bond acceptors (Lipinski definition) is 4. The summed E-state index contributed by atoms with van der Waals surface area (Å²) in [6.07, 6.45) is 2.53. The molecule has 6 heteroatoms. The molecule has 0 aromatic heterocycles. The molecule has 0 spiro atoms. The number of hydrogen-bond donors (Lipinski definition) is 2. The number of rotatable bonds is 4. The van der Waals surface area contributed by atoms with Gasteiger partial charge in [0.25, 0.3) is 0 Å². The maximum absolute atomic E-state index is 12.4. The van der Waals surface area contributed by atoms with E-state index in [-0.39, 0.29) is 5.91 Å². The quantitative estimate of drug-likeness (QED) is 0.821. The fraction of sp³-hybridized carbons (Fsp3) is 0.375. The van der Waals surface area contributed by atoms with Gasteiger partial charge in [-0.3, -0.25) is 9.59 Å². The number of fused-ring (bicyclic) bond motifs is 2. The summed E-state index contributed by atoms with van der Waals surface area (Å²) in [5.41, 5.74) is 1.67. The van der Waals surface area contributed by atoms with Crippen LogP contribution in [0.5, 0.6) is 0 Å². The zero-order valence-electron chi connectivity index (χ0n) is 12.4. The second-order valence-corrected chi connectivity index (χ2v) is 5.77. The average Bonchev–Trinajstić information content (AvgIpc) is 3.08. The lowest BCUT2D eigenvalue weighted by Crippen LogP contribution is -2.39. The van der Waals surface area contributed by atoms with Gasteiger partial charge in [-0.25, -0.2) is 0 Å². The van der Waals surface area contributed by atoms with Crippen LogP contribution in [0.1, 0.15) is 0 Å². The first-order valence-corrected chi connectivity index (χ1v) is 7.12. The molecule has 116 valence electrons. The number of nitrogens with one attached hydrogen (secondary N) is 1. The van der Waals surface area contributed by atoms with Gasteiger partial charge in [-0.15, -0.1) is 0 Å². The maximum Gasteiger partial charge on any atom is 0.310 e. The van der Waals surface area contributed by atoms with Crippen molar-refractivity contribution in [1.29, 1.82) is 0 Å². The Kier molecular flexibility index (Phi) is 3.62. The number of carboxylic acids is 1. The van der Waals surface area contributed by atoms with Gasteiger partial charge in [0, 0.05) is 25.5 Å². The Bertz CT molecular complexity index is 624. The van der Waals surface area contributed by atoms with Crippen LogP contribution < -0.4 is 10.2 Å². The molecule has 6 nitrogen and oxygen atoms in total. The van der Waals surface area contributed by atoms with Gasteiger partial charge in [0.1, 0.15) is 5.92 Å². The van der Waals surface area contributed by atoms with E-state index in [1.54, 1.807) is 24.3 Å². The van der Waals surface area contributed by atoms with Crippen LogP contribution in [0.3, 0.4) is 0 Å². The Hall–Kier alpha value is -2.34. The molecule has 1 amide bonds. The van der Waals surface area contributed by atoms with Gasteiger partial charge in [0.2, 0.25) is 5.91 Å². The van der Waals surface area contributed by atoms with E-state index in [2.05, 4.69) is 5.32 Å². The van der Waals surface area contributed by atoms with Gasteiger partial charge >= 0.3 is 5.97 Å². The van der Waals surface area contributed by atoms with E-state index in [1.165, 1.54) is 0 Å². The van der Waals surface area contributed by atoms with E-state index in [0.717, 1.165) is 5.69 Å². The topological polar surface area (TPSA) is 78.9 Å². The number of carboxylic acid groups (broad SMARTS) is 1. The lowest BCUT2D eigenvalue weighted by Gasteiger charge is -2.21. The third-order valence-electron chi connectivity index (χ3n) is 4.14. The highest BCUT2D eigenvalue weighted by atomic mass is 16.5. The van der Waals surface area contributed by atoms with Gasteiger partial charge in [-0.2, -0.15) is 0 Å². The number of aliphatic carboxylic acids is 1. The first kappa shape index (κ1) is 14.6. The third kappa shape index (κ3) is 2.46. The van der Waals surface area contributed by atoms with Crippen molar-refractivity contribution in [1.82, 2.24) is 0 Å². The minimum Gasteiger partial charge on any atom is -0.481 e. The summed E-state index contributed by atoms with van der Waals surface area (Å²) < 4.78 is 5.51. The molecular formula is C16H18N2O4. The zero-order valence-corrected chi connectivity index (χ0v) is 12.4. The van der Waals surface area contributed by atoms with Gasteiger partial charge in [0.05, 0.1) is 18.1 Å². The molecule has 22 heavy (non-hydrogen) atoms. The van der Waals surface area contributed by atoms with Gasteiger partial charge in [-0.05, 0) is 24.3 Å². The SMILES string of the molecule is CN(C)c1ccc(NC(=O)[C@@H]2[C@@H](C(=O)O)[C@H]3C=C[C@@H]2O3)cc1. The first-order chi connectivity index (χ1) is 10.5. The first-order valence-electron chi connectivity index (χ1n) is 7.12. The fourth-order valence-electron chi connectivity index (χ4n) is 2.98. The number of carbonyl (C=O) groups excluding carboxylic acids is 1. The Morgan fingerprint density at radius 1 is 1.09 bits per heavy atom. The van der Waals surface area contributed by atoms with Gasteiger partial charge in [0.15, 0.2) is 0 Å². The third-order valence-corrected chi connectivity index (χ3v) is 4.14. The van der Waals surface area contributed by atoms with Crippen LogP contribution in [-0.2, 0) is 14.3 Å². The van der Waals surface area contributed by atoms with Crippen LogP contribution in [0.2, 0.25) is 0 Å². The molecule has 1 fully saturated rings. The number of benzene rings is 1. The van der Waals surface area contributed by atoms with E-state index >= 15 is 0 Å². The minimum atomic E-state index is -1.00. The van der Waals surface area contributed by atoms with Crippen molar-refractivity contribution >= 4 is 23.3 Å². The predicted octanol–water partition coefficient (Wildman–Crippen LogP) is 1.35. The van der Waals surface area contributed by atoms with E-state index in [0.29, 0.717) is 5.69 Å². The Morgan fingerprint density at radius 3 is 2.23 bits per heavy atom. The molecule has 3 rings (SSSR count). The molecule has 2 heterocycles. The summed E-state index contributed by atoms with van der Waals surface area (Å²) in [7, 11) is 3.87. The van der Waals surface area contributed by atoms with Gasteiger partial charge in [-0.1, -0.05) is 12.2 Å². The van der Waals surface area contributed by atoms with Crippen LogP contribution in [0, 0.1) is 11.8 Å². The van der Waals surface area contributed by atoms with Crippen molar-refractivity contribution in [2.45, 2.75) is 12.2 Å². The Labute approximate surface area is 128 Å². The summed E-state index contributed by atoms with van der Waals surface area (Å²) in [5.74, 6) is -2.83. The standard InChI is InChI=1S/C16H18N2O4/c1-18(2)10-5-3-9(4-6-10)17-15(19)13-11-7-8-12(22-11)14(13)16(20)21/h3-8,11-14H,1-2H3,(H,17,19)(H,20,21)/t11-,12+,13-,14-/m0/s1. The lowest BCUT2D eigenvalue weighted by atomic mass is 9.82. The molecule has 2 aliphatic heterocycles. The summed E-state index contributed by atoms with van der Waals surface area (Å²) in [5, 5.41) is 12.1. The summed E-state index contributed by atoms with van der Waals surface area (Å²) in [4.78, 5) is 25.8. The molecular weight excluding hydrogens is 284 g/mol. The van der Waals surface area contributed by atoms with Gasteiger partial charge < -0.3 is 20.1 Å². The highest BCUT2D eigenvalue weighted by Crippen LogP contribution is 2.39. The molecule has 1 saturated heterocycles. The van der Waals surface area contributed by atoms with E-state index in [1.807, 2.05) is 31.1 Å². The van der Waals surface area contributed by atoms with Crippen molar-refractivity contribution < 1.29 is 19.4 Å². The molecule has 0 unspecified atom stereocenters. The zero-order chi connectivity index (χ0) is 15.9. The van der Waals surface area contributed by atoms with E-state index in [9.17, 15) is 14.7 Å². The van der Waals surface area contributed by atoms with E-state index < -0.39 is 30.0 Å².